The molecule has 0 spiro atoms. The summed E-state index contributed by atoms with van der Waals surface area (Å²) in [6.07, 6.45) is 7.45. The van der Waals surface area contributed by atoms with E-state index in [0.29, 0.717) is 17.8 Å². The largest absolute Gasteiger partial charge is 0.352 e. The molecule has 1 aromatic carbocycles. The van der Waals surface area contributed by atoms with Crippen LogP contribution in [0.4, 0.5) is 5.69 Å². The topological polar surface area (TPSA) is 61.4 Å². The first-order chi connectivity index (χ1) is 11.6. The van der Waals surface area contributed by atoms with Crippen molar-refractivity contribution >= 4 is 17.5 Å². The second kappa shape index (κ2) is 10.1. The van der Waals surface area contributed by atoms with E-state index in [-0.39, 0.29) is 11.8 Å². The third-order valence-electron chi connectivity index (χ3n) is 4.35. The molecule has 132 valence electrons. The van der Waals surface area contributed by atoms with E-state index >= 15 is 0 Å². The molecule has 2 amide bonds. The van der Waals surface area contributed by atoms with E-state index in [9.17, 15) is 9.59 Å². The number of likely N-dealkylation sites (tertiary alicyclic amines) is 1. The van der Waals surface area contributed by atoms with E-state index in [0.717, 1.165) is 12.8 Å². The number of rotatable bonds is 8. The number of hydrogen-bond donors (Lipinski definition) is 2. The Kier molecular flexibility index (Phi) is 7.75. The Labute approximate surface area is 144 Å². The van der Waals surface area contributed by atoms with Gasteiger partial charge in [0.2, 0.25) is 5.91 Å². The molecule has 0 saturated carbocycles. The number of nitrogens with one attached hydrogen (secondary N) is 2. The van der Waals surface area contributed by atoms with Gasteiger partial charge in [0.05, 0.1) is 0 Å². The molecule has 1 fully saturated rings. The number of carbonyl (C=O) groups excluding carboxylic acids is 2. The number of carbonyl (C=O) groups is 2. The van der Waals surface area contributed by atoms with Crippen molar-refractivity contribution in [2.24, 2.45) is 0 Å². The number of nitrogens with zero attached hydrogens (tertiary/aromatic N) is 1. The Morgan fingerprint density at radius 2 is 1.71 bits per heavy atom. The molecule has 5 nitrogen and oxygen atoms in total. The summed E-state index contributed by atoms with van der Waals surface area (Å²) in [4.78, 5) is 25.6. The molecule has 2 rings (SSSR count). The molecule has 0 aliphatic carbocycles. The Morgan fingerprint density at radius 3 is 2.38 bits per heavy atom. The van der Waals surface area contributed by atoms with Crippen LogP contribution in [-0.2, 0) is 4.79 Å². The monoisotopic (exact) mass is 331 g/mol. The van der Waals surface area contributed by atoms with Crippen molar-refractivity contribution in [2.45, 2.75) is 45.4 Å². The fourth-order valence-electron chi connectivity index (χ4n) is 3.03. The predicted octanol–water partition coefficient (Wildman–Crippen LogP) is 3.03. The number of anilines is 1. The smallest absolute Gasteiger partial charge is 0.251 e. The summed E-state index contributed by atoms with van der Waals surface area (Å²) >= 11 is 0. The molecule has 1 aliphatic heterocycles. The van der Waals surface area contributed by atoms with Crippen molar-refractivity contribution in [3.63, 3.8) is 0 Å². The molecule has 24 heavy (non-hydrogen) atoms. The van der Waals surface area contributed by atoms with E-state index in [2.05, 4.69) is 15.5 Å². The summed E-state index contributed by atoms with van der Waals surface area (Å²) in [7, 11) is 0. The number of amides is 2. The van der Waals surface area contributed by atoms with Crippen LogP contribution in [0.1, 0.15) is 55.8 Å². The molecule has 1 aromatic rings. The zero-order valence-electron chi connectivity index (χ0n) is 14.6. The van der Waals surface area contributed by atoms with Gasteiger partial charge in [-0.05, 0) is 69.6 Å². The lowest BCUT2D eigenvalue weighted by Gasteiger charge is -2.26. The van der Waals surface area contributed by atoms with Crippen LogP contribution in [0.5, 0.6) is 0 Å². The van der Waals surface area contributed by atoms with Crippen molar-refractivity contribution in [2.75, 3.05) is 31.5 Å². The van der Waals surface area contributed by atoms with E-state index in [1.54, 1.807) is 24.3 Å². The minimum atomic E-state index is -0.114. The highest BCUT2D eigenvalue weighted by atomic mass is 16.2. The number of unbranched alkanes of at least 4 members (excludes halogenated alkanes) is 2. The minimum absolute atomic E-state index is 0.0552. The fourth-order valence-corrected chi connectivity index (χ4v) is 3.03. The van der Waals surface area contributed by atoms with E-state index in [1.165, 1.54) is 52.2 Å². The molecule has 0 unspecified atom stereocenters. The Bertz CT molecular complexity index is 522. The van der Waals surface area contributed by atoms with Crippen LogP contribution >= 0.6 is 0 Å². The summed E-state index contributed by atoms with van der Waals surface area (Å²) in [5.41, 5.74) is 1.33. The summed E-state index contributed by atoms with van der Waals surface area (Å²) < 4.78 is 0. The van der Waals surface area contributed by atoms with Gasteiger partial charge in [0.15, 0.2) is 0 Å². The molecule has 1 aliphatic rings. The molecule has 1 saturated heterocycles. The highest BCUT2D eigenvalue weighted by molar-refractivity contribution is 5.95. The van der Waals surface area contributed by atoms with Crippen molar-refractivity contribution in [3.05, 3.63) is 29.8 Å². The SMILES string of the molecule is CC(=O)Nc1ccc(C(=O)NCCCCCN2CCCCC2)cc1. The van der Waals surface area contributed by atoms with Gasteiger partial charge >= 0.3 is 0 Å². The van der Waals surface area contributed by atoms with E-state index in [1.807, 2.05) is 0 Å². The summed E-state index contributed by atoms with van der Waals surface area (Å²) in [5, 5.41) is 5.65. The van der Waals surface area contributed by atoms with Gasteiger partial charge in [-0.3, -0.25) is 9.59 Å². The van der Waals surface area contributed by atoms with Gasteiger partial charge in [0.1, 0.15) is 0 Å². The van der Waals surface area contributed by atoms with Gasteiger partial charge in [0.25, 0.3) is 5.91 Å². The summed E-state index contributed by atoms with van der Waals surface area (Å²) in [6.45, 7) is 5.88. The van der Waals surface area contributed by atoms with E-state index in [4.69, 9.17) is 0 Å². The lowest BCUT2D eigenvalue weighted by Crippen LogP contribution is -2.30. The zero-order valence-corrected chi connectivity index (χ0v) is 14.6. The van der Waals surface area contributed by atoms with Gasteiger partial charge < -0.3 is 15.5 Å². The molecule has 0 atom stereocenters. The standard InChI is InChI=1S/C19H29N3O2/c1-16(23)21-18-10-8-17(9-11-18)19(24)20-12-4-2-5-13-22-14-6-3-7-15-22/h8-11H,2-7,12-15H2,1H3,(H,20,24)(H,21,23). The van der Waals surface area contributed by atoms with Crippen LogP contribution in [0.15, 0.2) is 24.3 Å². The maximum absolute atomic E-state index is 12.1. The summed E-state index contributed by atoms with van der Waals surface area (Å²) in [5.74, 6) is -0.169. The molecular formula is C19H29N3O2. The zero-order chi connectivity index (χ0) is 17.2. The maximum atomic E-state index is 12.1. The number of benzene rings is 1. The van der Waals surface area contributed by atoms with E-state index < -0.39 is 0 Å². The van der Waals surface area contributed by atoms with Crippen molar-refractivity contribution in [1.82, 2.24) is 10.2 Å². The second-order valence-electron chi connectivity index (χ2n) is 6.48. The molecule has 2 N–H and O–H groups in total. The third-order valence-corrected chi connectivity index (χ3v) is 4.35. The number of hydrogen-bond acceptors (Lipinski definition) is 3. The first kappa shape index (κ1) is 18.5. The van der Waals surface area contributed by atoms with Crippen LogP contribution < -0.4 is 10.6 Å². The van der Waals surface area contributed by atoms with Gasteiger partial charge in [0, 0.05) is 24.7 Å². The van der Waals surface area contributed by atoms with Crippen LogP contribution in [0.3, 0.4) is 0 Å². The quantitative estimate of drug-likeness (QED) is 0.720. The van der Waals surface area contributed by atoms with Gasteiger partial charge in [-0.1, -0.05) is 12.8 Å². The molecular weight excluding hydrogens is 302 g/mol. The molecule has 0 bridgehead atoms. The van der Waals surface area contributed by atoms with Crippen LogP contribution in [0.25, 0.3) is 0 Å². The highest BCUT2D eigenvalue weighted by Crippen LogP contribution is 2.11. The minimum Gasteiger partial charge on any atom is -0.352 e. The van der Waals surface area contributed by atoms with Gasteiger partial charge in [-0.25, -0.2) is 0 Å². The fraction of sp³-hybridized carbons (Fsp3) is 0.579. The lowest BCUT2D eigenvalue weighted by molar-refractivity contribution is -0.114. The normalized spacial score (nSPS) is 15.0. The van der Waals surface area contributed by atoms with Crippen molar-refractivity contribution < 1.29 is 9.59 Å². The average Bonchev–Trinajstić information content (AvgIpc) is 2.59. The van der Waals surface area contributed by atoms with Crippen molar-refractivity contribution in [3.8, 4) is 0 Å². The van der Waals surface area contributed by atoms with Crippen LogP contribution in [0, 0.1) is 0 Å². The second-order valence-corrected chi connectivity index (χ2v) is 6.48. The van der Waals surface area contributed by atoms with Crippen molar-refractivity contribution in [1.29, 1.82) is 0 Å². The van der Waals surface area contributed by atoms with Crippen LogP contribution in [-0.4, -0.2) is 42.9 Å². The van der Waals surface area contributed by atoms with Gasteiger partial charge in [-0.2, -0.15) is 0 Å². The molecule has 0 radical (unpaired) electrons. The van der Waals surface area contributed by atoms with Gasteiger partial charge in [-0.15, -0.1) is 0 Å². The Morgan fingerprint density at radius 1 is 1.00 bits per heavy atom. The molecule has 5 heteroatoms. The Balaban J connectivity index is 1.58. The van der Waals surface area contributed by atoms with Crippen LogP contribution in [0.2, 0.25) is 0 Å². The third kappa shape index (κ3) is 6.71. The predicted molar refractivity (Wildman–Crippen MR) is 97.2 cm³/mol. The molecule has 1 heterocycles. The average molecular weight is 331 g/mol. The number of piperidine rings is 1. The Hall–Kier alpha value is -1.88. The first-order valence-electron chi connectivity index (χ1n) is 9.03. The first-order valence-corrected chi connectivity index (χ1v) is 9.03. The summed E-state index contributed by atoms with van der Waals surface area (Å²) in [6, 6.07) is 6.96. The maximum Gasteiger partial charge on any atom is 0.251 e. The highest BCUT2D eigenvalue weighted by Gasteiger charge is 2.09. The molecule has 0 aromatic heterocycles. The lowest BCUT2D eigenvalue weighted by atomic mass is 10.1.